The fourth-order valence-corrected chi connectivity index (χ4v) is 3.47. The van der Waals surface area contributed by atoms with Gasteiger partial charge in [-0.05, 0) is 54.7 Å². The highest BCUT2D eigenvalue weighted by atomic mass is 32.2. The van der Waals surface area contributed by atoms with Crippen molar-refractivity contribution in [2.24, 2.45) is 0 Å². The van der Waals surface area contributed by atoms with Crippen molar-refractivity contribution in [3.8, 4) is 0 Å². The van der Waals surface area contributed by atoms with Crippen LogP contribution in [0.2, 0.25) is 0 Å². The van der Waals surface area contributed by atoms with Crippen LogP contribution in [0.1, 0.15) is 27.9 Å². The number of hydrogen-bond donors (Lipinski definition) is 2. The van der Waals surface area contributed by atoms with Gasteiger partial charge in [-0.3, -0.25) is 9.52 Å². The van der Waals surface area contributed by atoms with E-state index in [-0.39, 0.29) is 11.6 Å². The van der Waals surface area contributed by atoms with Crippen LogP contribution in [0.25, 0.3) is 0 Å². The van der Waals surface area contributed by atoms with Gasteiger partial charge in [0.25, 0.3) is 5.91 Å². The standard InChI is InChI=1S/C17H17FN2O3S/c1-24(22,23)20-16-10-12(8-9-15(16)18)19-17(21)14-7-3-5-11-4-2-6-13(11)14/h3,5,7-10,20H,2,4,6H2,1H3,(H,19,21). The first-order chi connectivity index (χ1) is 11.3. The third-order valence-electron chi connectivity index (χ3n) is 3.91. The minimum Gasteiger partial charge on any atom is -0.322 e. The van der Waals surface area contributed by atoms with Gasteiger partial charge in [-0.15, -0.1) is 0 Å². The lowest BCUT2D eigenvalue weighted by molar-refractivity contribution is 0.102. The molecular weight excluding hydrogens is 331 g/mol. The Morgan fingerprint density at radius 3 is 2.71 bits per heavy atom. The number of hydrogen-bond acceptors (Lipinski definition) is 3. The van der Waals surface area contributed by atoms with Crippen LogP contribution in [-0.2, 0) is 22.9 Å². The molecule has 0 saturated carbocycles. The van der Waals surface area contributed by atoms with E-state index in [1.165, 1.54) is 17.7 Å². The third-order valence-corrected chi connectivity index (χ3v) is 4.50. The lowest BCUT2D eigenvalue weighted by atomic mass is 10.0. The molecule has 0 heterocycles. The number of sulfonamides is 1. The SMILES string of the molecule is CS(=O)(=O)Nc1cc(NC(=O)c2cccc3c2CCC3)ccc1F. The van der Waals surface area contributed by atoms with E-state index in [0.717, 1.165) is 37.1 Å². The minimum atomic E-state index is -3.61. The van der Waals surface area contributed by atoms with Gasteiger partial charge in [-0.1, -0.05) is 12.1 Å². The molecule has 0 fully saturated rings. The average molecular weight is 348 g/mol. The molecule has 7 heteroatoms. The van der Waals surface area contributed by atoms with E-state index in [1.807, 2.05) is 12.1 Å². The fourth-order valence-electron chi connectivity index (χ4n) is 2.91. The van der Waals surface area contributed by atoms with Crippen molar-refractivity contribution in [3.63, 3.8) is 0 Å². The molecule has 1 aliphatic rings. The zero-order valence-corrected chi connectivity index (χ0v) is 13.9. The monoisotopic (exact) mass is 348 g/mol. The molecule has 5 nitrogen and oxygen atoms in total. The number of fused-ring (bicyclic) bond motifs is 1. The molecule has 0 aliphatic heterocycles. The summed E-state index contributed by atoms with van der Waals surface area (Å²) < 4.78 is 38.3. The summed E-state index contributed by atoms with van der Waals surface area (Å²) in [7, 11) is -3.61. The maximum Gasteiger partial charge on any atom is 0.255 e. The summed E-state index contributed by atoms with van der Waals surface area (Å²) >= 11 is 0. The Balaban J connectivity index is 1.85. The number of amides is 1. The van der Waals surface area contributed by atoms with Gasteiger partial charge in [0.1, 0.15) is 5.82 Å². The summed E-state index contributed by atoms with van der Waals surface area (Å²) in [6, 6.07) is 9.39. The van der Waals surface area contributed by atoms with Crippen molar-refractivity contribution in [1.82, 2.24) is 0 Å². The van der Waals surface area contributed by atoms with Crippen molar-refractivity contribution < 1.29 is 17.6 Å². The van der Waals surface area contributed by atoms with Crippen LogP contribution in [0.3, 0.4) is 0 Å². The molecule has 1 aliphatic carbocycles. The van der Waals surface area contributed by atoms with Gasteiger partial charge in [0, 0.05) is 11.3 Å². The highest BCUT2D eigenvalue weighted by Crippen LogP contribution is 2.26. The van der Waals surface area contributed by atoms with Gasteiger partial charge >= 0.3 is 0 Å². The van der Waals surface area contributed by atoms with Gasteiger partial charge < -0.3 is 5.32 Å². The Hall–Kier alpha value is -2.41. The number of halogens is 1. The zero-order chi connectivity index (χ0) is 17.3. The predicted molar refractivity (Wildman–Crippen MR) is 91.3 cm³/mol. The van der Waals surface area contributed by atoms with E-state index in [4.69, 9.17) is 0 Å². The highest BCUT2D eigenvalue weighted by molar-refractivity contribution is 7.92. The number of aryl methyl sites for hydroxylation is 1. The third kappa shape index (κ3) is 3.56. The largest absolute Gasteiger partial charge is 0.322 e. The first-order valence-corrected chi connectivity index (χ1v) is 9.42. The Morgan fingerprint density at radius 2 is 1.96 bits per heavy atom. The van der Waals surface area contributed by atoms with Gasteiger partial charge in [-0.25, -0.2) is 12.8 Å². The molecule has 2 N–H and O–H groups in total. The summed E-state index contributed by atoms with van der Waals surface area (Å²) in [5.74, 6) is -0.996. The van der Waals surface area contributed by atoms with E-state index >= 15 is 0 Å². The fraction of sp³-hybridized carbons (Fsp3) is 0.235. The summed E-state index contributed by atoms with van der Waals surface area (Å²) in [4.78, 5) is 12.5. The van der Waals surface area contributed by atoms with Crippen molar-refractivity contribution >= 4 is 27.3 Å². The molecule has 0 aromatic heterocycles. The van der Waals surface area contributed by atoms with E-state index in [9.17, 15) is 17.6 Å². The molecule has 0 atom stereocenters. The number of rotatable bonds is 4. The van der Waals surface area contributed by atoms with Crippen LogP contribution in [0.5, 0.6) is 0 Å². The molecule has 3 rings (SSSR count). The topological polar surface area (TPSA) is 75.3 Å². The number of carbonyl (C=O) groups is 1. The quantitative estimate of drug-likeness (QED) is 0.892. The maximum atomic E-state index is 13.7. The molecule has 2 aromatic rings. The average Bonchev–Trinajstić information content (AvgIpc) is 2.97. The first kappa shape index (κ1) is 16.4. The van der Waals surface area contributed by atoms with Gasteiger partial charge in [0.15, 0.2) is 0 Å². The van der Waals surface area contributed by atoms with Crippen molar-refractivity contribution in [1.29, 1.82) is 0 Å². The minimum absolute atomic E-state index is 0.200. The van der Waals surface area contributed by atoms with Gasteiger partial charge in [0.05, 0.1) is 11.9 Å². The summed E-state index contributed by atoms with van der Waals surface area (Å²) in [6.07, 6.45) is 3.79. The molecule has 0 spiro atoms. The molecule has 0 unspecified atom stereocenters. The van der Waals surface area contributed by atoms with E-state index in [2.05, 4.69) is 10.0 Å². The number of carbonyl (C=O) groups excluding carboxylic acids is 1. The van der Waals surface area contributed by atoms with Crippen LogP contribution in [-0.4, -0.2) is 20.6 Å². The van der Waals surface area contributed by atoms with Gasteiger partial charge in [0.2, 0.25) is 10.0 Å². The molecule has 0 saturated heterocycles. The summed E-state index contributed by atoms with van der Waals surface area (Å²) in [5.41, 5.74) is 2.96. The van der Waals surface area contributed by atoms with Crippen LogP contribution in [0, 0.1) is 5.82 Å². The second-order valence-corrected chi connectivity index (χ2v) is 7.57. The van der Waals surface area contributed by atoms with Crippen molar-refractivity contribution in [3.05, 3.63) is 58.9 Å². The van der Waals surface area contributed by atoms with Crippen LogP contribution >= 0.6 is 0 Å². The molecule has 2 aromatic carbocycles. The van der Waals surface area contributed by atoms with Crippen LogP contribution in [0.4, 0.5) is 15.8 Å². The van der Waals surface area contributed by atoms with Gasteiger partial charge in [-0.2, -0.15) is 0 Å². The lowest BCUT2D eigenvalue weighted by Crippen LogP contribution is -2.15. The molecular formula is C17H17FN2O3S. The Kier molecular flexibility index (Phi) is 4.28. The van der Waals surface area contributed by atoms with Crippen LogP contribution in [0.15, 0.2) is 36.4 Å². The van der Waals surface area contributed by atoms with Crippen molar-refractivity contribution in [2.75, 3.05) is 16.3 Å². The smallest absolute Gasteiger partial charge is 0.255 e. The number of nitrogens with one attached hydrogen (secondary N) is 2. The molecule has 126 valence electrons. The lowest BCUT2D eigenvalue weighted by Gasteiger charge is -2.11. The number of anilines is 2. The molecule has 24 heavy (non-hydrogen) atoms. The Bertz CT molecular complexity index is 910. The van der Waals surface area contributed by atoms with E-state index in [0.29, 0.717) is 11.3 Å². The zero-order valence-electron chi connectivity index (χ0n) is 13.1. The molecule has 1 amide bonds. The predicted octanol–water partition coefficient (Wildman–Crippen LogP) is 2.94. The summed E-state index contributed by atoms with van der Waals surface area (Å²) in [6.45, 7) is 0. The van der Waals surface area contributed by atoms with Crippen LogP contribution < -0.4 is 10.0 Å². The summed E-state index contributed by atoms with van der Waals surface area (Å²) in [5, 5.41) is 2.70. The first-order valence-electron chi connectivity index (χ1n) is 7.53. The Labute approximate surface area is 139 Å². The molecule has 0 radical (unpaired) electrons. The van der Waals surface area contributed by atoms with Crippen molar-refractivity contribution in [2.45, 2.75) is 19.3 Å². The highest BCUT2D eigenvalue weighted by Gasteiger charge is 2.19. The Morgan fingerprint density at radius 1 is 1.17 bits per heavy atom. The molecule has 0 bridgehead atoms. The van der Waals surface area contributed by atoms with E-state index in [1.54, 1.807) is 6.07 Å². The maximum absolute atomic E-state index is 13.7. The van der Waals surface area contributed by atoms with E-state index < -0.39 is 15.8 Å². The second kappa shape index (κ2) is 6.24. The normalized spacial score (nSPS) is 13.4. The second-order valence-electron chi connectivity index (χ2n) is 5.82. The number of benzene rings is 2.